The van der Waals surface area contributed by atoms with Gasteiger partial charge in [0.05, 0.1) is 10.8 Å². The summed E-state index contributed by atoms with van der Waals surface area (Å²) >= 11 is 3.88. The lowest BCUT2D eigenvalue weighted by molar-refractivity contribution is -0.670. The molecule has 0 radical (unpaired) electrons. The molecule has 0 bridgehead atoms. The molecule has 2 nitrogen and oxygen atoms in total. The third kappa shape index (κ3) is 5.53. The number of pyridine rings is 2. The van der Waals surface area contributed by atoms with Crippen LogP contribution in [0, 0.1) is 13.8 Å². The van der Waals surface area contributed by atoms with Crippen LogP contribution >= 0.6 is 22.7 Å². The monoisotopic (exact) mass is 798 g/mol. The fourth-order valence-corrected chi connectivity index (χ4v) is 8.40. The van der Waals surface area contributed by atoms with Gasteiger partial charge < -0.3 is 48.0 Å². The van der Waals surface area contributed by atoms with E-state index in [0.29, 0.717) is 0 Å². The Labute approximate surface area is 284 Å². The van der Waals surface area contributed by atoms with Crippen LogP contribution in [-0.4, -0.2) is 0 Å². The van der Waals surface area contributed by atoms with Crippen molar-refractivity contribution >= 4 is 55.4 Å². The minimum Gasteiger partial charge on any atom is -1.00 e. The largest absolute Gasteiger partial charge is 1.00 e. The van der Waals surface area contributed by atoms with E-state index in [4.69, 9.17) is 0 Å². The van der Waals surface area contributed by atoms with Gasteiger partial charge in [-0.2, -0.15) is 0 Å². The Morgan fingerprint density at radius 1 is 0.585 bits per heavy atom. The SMILES string of the molecule is Cc1sc(-c2cccc3cc[n+](C)cc23)cc1C1=C(c2cc(-c3cccc4cc[n+](C)cc34)sc2C)CCC1.[I-].[I-]. The Morgan fingerprint density at radius 3 is 1.46 bits per heavy atom. The minimum atomic E-state index is 0. The number of hydrogen-bond donors (Lipinski definition) is 0. The number of aromatic nitrogens is 2. The maximum Gasteiger partial charge on any atom is 0.177 e. The molecule has 2 aromatic carbocycles. The molecule has 0 fully saturated rings. The van der Waals surface area contributed by atoms with Gasteiger partial charge in [0.15, 0.2) is 24.8 Å². The fourth-order valence-electron chi connectivity index (χ4n) is 6.23. The molecule has 6 heteroatoms. The Bertz CT molecular complexity index is 1810. The second-order valence-corrected chi connectivity index (χ2v) is 13.3. The normalized spacial score (nSPS) is 13.1. The first-order valence-electron chi connectivity index (χ1n) is 13.7. The van der Waals surface area contributed by atoms with E-state index < -0.39 is 0 Å². The van der Waals surface area contributed by atoms with E-state index in [1.54, 1.807) is 11.1 Å². The summed E-state index contributed by atoms with van der Waals surface area (Å²) in [6, 6.07) is 22.7. The summed E-state index contributed by atoms with van der Waals surface area (Å²) in [5, 5.41) is 5.22. The van der Waals surface area contributed by atoms with Gasteiger partial charge >= 0.3 is 0 Å². The van der Waals surface area contributed by atoms with Gasteiger partial charge in [-0.05, 0) is 78.3 Å². The lowest BCUT2D eigenvalue weighted by atomic mass is 9.96. The lowest BCUT2D eigenvalue weighted by Gasteiger charge is -2.08. The third-order valence-corrected chi connectivity index (χ3v) is 10.3. The number of nitrogens with zero attached hydrogens (tertiary/aromatic N) is 2. The molecule has 41 heavy (non-hydrogen) atoms. The number of aryl methyl sites for hydroxylation is 4. The summed E-state index contributed by atoms with van der Waals surface area (Å²) < 4.78 is 4.30. The highest BCUT2D eigenvalue weighted by Crippen LogP contribution is 2.48. The first-order chi connectivity index (χ1) is 19.0. The quantitative estimate of drug-likeness (QED) is 0.192. The maximum atomic E-state index is 2.47. The zero-order valence-corrected chi connectivity index (χ0v) is 29.6. The molecule has 4 heterocycles. The van der Waals surface area contributed by atoms with Crippen LogP contribution in [0.5, 0.6) is 0 Å². The van der Waals surface area contributed by atoms with Crippen molar-refractivity contribution in [1.29, 1.82) is 0 Å². The van der Waals surface area contributed by atoms with Gasteiger partial charge in [-0.15, -0.1) is 22.7 Å². The molecule has 0 amide bonds. The molecule has 0 unspecified atom stereocenters. The molecule has 7 rings (SSSR count). The summed E-state index contributed by atoms with van der Waals surface area (Å²) in [6.45, 7) is 4.61. The standard InChI is InChI=1S/C35H32N2S2.2HI/c1-22-30(18-34(38-22)28-12-5-8-24-14-16-36(3)20-32(24)28)26-10-7-11-27(26)31-19-35(39-23(31)2)29-13-6-9-25-15-17-37(4)21-33(25)29;;/h5-6,8-9,12-21H,7,10-11H2,1-4H3;2*1H/q+2;;/p-2. The van der Waals surface area contributed by atoms with Crippen molar-refractivity contribution in [2.75, 3.05) is 0 Å². The molecule has 0 spiro atoms. The van der Waals surface area contributed by atoms with Crippen LogP contribution < -0.4 is 57.1 Å². The van der Waals surface area contributed by atoms with Crippen LogP contribution in [0.15, 0.2) is 85.5 Å². The first-order valence-corrected chi connectivity index (χ1v) is 15.3. The van der Waals surface area contributed by atoms with E-state index in [1.165, 1.54) is 69.7 Å². The minimum absolute atomic E-state index is 0. The summed E-state index contributed by atoms with van der Waals surface area (Å²) in [4.78, 5) is 5.58. The van der Waals surface area contributed by atoms with Crippen molar-refractivity contribution < 1.29 is 57.1 Å². The number of thiophene rings is 2. The van der Waals surface area contributed by atoms with Crippen LogP contribution in [0.2, 0.25) is 0 Å². The van der Waals surface area contributed by atoms with E-state index in [-0.39, 0.29) is 48.0 Å². The number of halogens is 2. The van der Waals surface area contributed by atoms with Gasteiger partial charge in [0.25, 0.3) is 0 Å². The zero-order valence-electron chi connectivity index (χ0n) is 23.7. The molecule has 4 aromatic heterocycles. The van der Waals surface area contributed by atoms with Gasteiger partial charge in [0.1, 0.15) is 14.1 Å². The Balaban J connectivity index is 0.00000169. The van der Waals surface area contributed by atoms with Crippen LogP contribution in [-0.2, 0) is 14.1 Å². The predicted molar refractivity (Wildman–Crippen MR) is 167 cm³/mol. The van der Waals surface area contributed by atoms with E-state index in [9.17, 15) is 0 Å². The van der Waals surface area contributed by atoms with Crippen molar-refractivity contribution in [3.05, 3.63) is 106 Å². The van der Waals surface area contributed by atoms with E-state index in [1.807, 2.05) is 22.7 Å². The number of hydrogen-bond acceptors (Lipinski definition) is 2. The van der Waals surface area contributed by atoms with E-state index in [2.05, 4.69) is 123 Å². The van der Waals surface area contributed by atoms with Crippen molar-refractivity contribution in [3.8, 4) is 20.9 Å². The van der Waals surface area contributed by atoms with Gasteiger partial charge in [-0.1, -0.05) is 36.4 Å². The molecule has 0 saturated heterocycles. The molecule has 1 aliphatic carbocycles. The van der Waals surface area contributed by atoms with Crippen LogP contribution in [0.1, 0.15) is 40.1 Å². The predicted octanol–water partition coefficient (Wildman–Crippen LogP) is 2.82. The van der Waals surface area contributed by atoms with Crippen molar-refractivity contribution in [2.24, 2.45) is 14.1 Å². The van der Waals surface area contributed by atoms with E-state index >= 15 is 0 Å². The summed E-state index contributed by atoms with van der Waals surface area (Å²) in [5.41, 5.74) is 8.67. The van der Waals surface area contributed by atoms with Gasteiger partial charge in [-0.25, -0.2) is 9.13 Å². The summed E-state index contributed by atoms with van der Waals surface area (Å²) in [5.74, 6) is 0. The Hall–Kier alpha value is -2.14. The zero-order chi connectivity index (χ0) is 26.7. The lowest BCUT2D eigenvalue weighted by Crippen LogP contribution is -3.00. The maximum absolute atomic E-state index is 2.47. The highest BCUT2D eigenvalue weighted by molar-refractivity contribution is 7.16. The second-order valence-electron chi connectivity index (χ2n) is 10.8. The third-order valence-electron chi connectivity index (χ3n) is 8.16. The smallest absolute Gasteiger partial charge is 0.177 e. The van der Waals surface area contributed by atoms with Crippen molar-refractivity contribution in [2.45, 2.75) is 33.1 Å². The summed E-state index contributed by atoms with van der Waals surface area (Å²) in [6.07, 6.45) is 12.3. The summed E-state index contributed by atoms with van der Waals surface area (Å²) in [7, 11) is 4.21. The number of fused-ring (bicyclic) bond motifs is 2. The number of allylic oxidation sites excluding steroid dienone is 2. The average Bonchev–Trinajstić information content (AvgIpc) is 3.65. The van der Waals surface area contributed by atoms with Crippen LogP contribution in [0.3, 0.4) is 0 Å². The van der Waals surface area contributed by atoms with Crippen LogP contribution in [0.4, 0.5) is 0 Å². The Kier molecular flexibility index (Phi) is 9.04. The molecule has 1 aliphatic rings. The highest BCUT2D eigenvalue weighted by Gasteiger charge is 2.24. The molecular weight excluding hydrogens is 766 g/mol. The highest BCUT2D eigenvalue weighted by atomic mass is 127. The molecular formula is C35H32I2N2S2. The van der Waals surface area contributed by atoms with E-state index in [0.717, 1.165) is 12.8 Å². The van der Waals surface area contributed by atoms with Crippen molar-refractivity contribution in [3.63, 3.8) is 0 Å². The number of benzene rings is 2. The Morgan fingerprint density at radius 2 is 1.02 bits per heavy atom. The topological polar surface area (TPSA) is 7.76 Å². The molecule has 0 N–H and O–H groups in total. The molecule has 0 aliphatic heterocycles. The van der Waals surface area contributed by atoms with Gasteiger partial charge in [0.2, 0.25) is 0 Å². The molecule has 6 aromatic rings. The first kappa shape index (κ1) is 30.3. The number of rotatable bonds is 4. The fraction of sp³-hybridized carbons (Fsp3) is 0.200. The van der Waals surface area contributed by atoms with Gasteiger partial charge in [0, 0.05) is 42.8 Å². The molecule has 0 atom stereocenters. The van der Waals surface area contributed by atoms with Crippen LogP contribution in [0.25, 0.3) is 53.6 Å². The molecule has 0 saturated carbocycles. The van der Waals surface area contributed by atoms with Gasteiger partial charge in [-0.3, -0.25) is 0 Å². The second kappa shape index (κ2) is 12.2. The molecule has 208 valence electrons. The van der Waals surface area contributed by atoms with Crippen molar-refractivity contribution in [1.82, 2.24) is 0 Å². The average molecular weight is 799 g/mol.